The number of anilines is 2. The highest BCUT2D eigenvalue weighted by molar-refractivity contribution is 6.04. The van der Waals surface area contributed by atoms with Crippen LogP contribution in [0.1, 0.15) is 29.8 Å². The number of nitrogens with zero attached hydrogens (tertiary/aromatic N) is 2. The fourth-order valence-electron chi connectivity index (χ4n) is 3.78. The van der Waals surface area contributed by atoms with Crippen molar-refractivity contribution in [3.8, 4) is 17.1 Å². The smallest absolute Gasteiger partial charge is 0.291 e. The normalized spacial score (nSPS) is 13.6. The Morgan fingerprint density at radius 2 is 1.87 bits per heavy atom. The predicted octanol–water partition coefficient (Wildman–Crippen LogP) is 5.11. The SMILES string of the molecule is COc1ccc(-c2ccc(C(=O)Nc3ccccc3N3CCCCC3)o2)c([N+](=O)[O-])c1. The Kier molecular flexibility index (Phi) is 5.88. The zero-order valence-corrected chi connectivity index (χ0v) is 17.2. The molecule has 1 saturated heterocycles. The zero-order valence-electron chi connectivity index (χ0n) is 17.2. The van der Waals surface area contributed by atoms with Gasteiger partial charge in [-0.1, -0.05) is 12.1 Å². The van der Waals surface area contributed by atoms with Crippen LogP contribution >= 0.6 is 0 Å². The van der Waals surface area contributed by atoms with Crippen LogP contribution in [0.5, 0.6) is 5.75 Å². The molecule has 0 aliphatic carbocycles. The fourth-order valence-corrected chi connectivity index (χ4v) is 3.78. The summed E-state index contributed by atoms with van der Waals surface area (Å²) in [5.74, 6) is 0.276. The second-order valence-corrected chi connectivity index (χ2v) is 7.32. The first-order valence-corrected chi connectivity index (χ1v) is 10.1. The second kappa shape index (κ2) is 8.91. The van der Waals surface area contributed by atoms with E-state index in [1.54, 1.807) is 18.2 Å². The summed E-state index contributed by atoms with van der Waals surface area (Å²) in [6, 6.07) is 15.2. The maximum absolute atomic E-state index is 12.8. The molecule has 3 aromatic rings. The molecule has 1 aliphatic heterocycles. The molecule has 1 aromatic heterocycles. The van der Waals surface area contributed by atoms with Gasteiger partial charge in [0.05, 0.1) is 35.0 Å². The number of methoxy groups -OCH3 is 1. The number of carbonyl (C=O) groups is 1. The molecule has 0 atom stereocenters. The van der Waals surface area contributed by atoms with E-state index in [0.29, 0.717) is 11.4 Å². The molecular weight excluding hydrogens is 398 g/mol. The first-order valence-electron chi connectivity index (χ1n) is 10.1. The highest BCUT2D eigenvalue weighted by atomic mass is 16.6. The van der Waals surface area contributed by atoms with Crippen molar-refractivity contribution in [2.75, 3.05) is 30.4 Å². The van der Waals surface area contributed by atoms with Crippen molar-refractivity contribution in [3.63, 3.8) is 0 Å². The lowest BCUT2D eigenvalue weighted by Gasteiger charge is -2.30. The predicted molar refractivity (Wildman–Crippen MR) is 118 cm³/mol. The van der Waals surface area contributed by atoms with E-state index >= 15 is 0 Å². The molecule has 1 fully saturated rings. The number of rotatable bonds is 6. The van der Waals surface area contributed by atoms with Crippen molar-refractivity contribution in [2.24, 2.45) is 0 Å². The summed E-state index contributed by atoms with van der Waals surface area (Å²) >= 11 is 0. The highest BCUT2D eigenvalue weighted by Crippen LogP contribution is 2.34. The minimum atomic E-state index is -0.505. The van der Waals surface area contributed by atoms with Crippen molar-refractivity contribution in [1.82, 2.24) is 0 Å². The van der Waals surface area contributed by atoms with Crippen molar-refractivity contribution in [1.29, 1.82) is 0 Å². The first-order chi connectivity index (χ1) is 15.1. The number of nitrogens with one attached hydrogen (secondary N) is 1. The van der Waals surface area contributed by atoms with Gasteiger partial charge in [0.1, 0.15) is 11.5 Å². The van der Waals surface area contributed by atoms with E-state index in [2.05, 4.69) is 10.2 Å². The number of hydrogen-bond acceptors (Lipinski definition) is 6. The van der Waals surface area contributed by atoms with Crippen LogP contribution in [0, 0.1) is 10.1 Å². The second-order valence-electron chi connectivity index (χ2n) is 7.32. The number of ether oxygens (including phenoxy) is 1. The van der Waals surface area contributed by atoms with Crippen LogP contribution in [0.15, 0.2) is 59.0 Å². The molecule has 0 unspecified atom stereocenters. The minimum absolute atomic E-state index is 0.0774. The molecular formula is C23H23N3O5. The number of carbonyl (C=O) groups excluding carboxylic acids is 1. The van der Waals surface area contributed by atoms with Gasteiger partial charge in [-0.3, -0.25) is 14.9 Å². The largest absolute Gasteiger partial charge is 0.497 e. The Bertz CT molecular complexity index is 1100. The number of benzene rings is 2. The topological polar surface area (TPSA) is 97.8 Å². The lowest BCUT2D eigenvalue weighted by molar-refractivity contribution is -0.384. The molecule has 8 nitrogen and oxygen atoms in total. The standard InChI is InChI=1S/C23H23N3O5/c1-30-16-9-10-17(20(15-16)26(28)29)21-11-12-22(31-21)23(27)24-18-7-3-4-8-19(18)25-13-5-2-6-14-25/h3-4,7-12,15H,2,5-6,13-14H2,1H3,(H,24,27). The molecule has 160 valence electrons. The van der Waals surface area contributed by atoms with E-state index < -0.39 is 10.8 Å². The van der Waals surface area contributed by atoms with E-state index in [9.17, 15) is 14.9 Å². The summed E-state index contributed by atoms with van der Waals surface area (Å²) in [5, 5.41) is 14.4. The maximum atomic E-state index is 12.8. The number of furan rings is 1. The van der Waals surface area contributed by atoms with E-state index in [1.807, 2.05) is 24.3 Å². The molecule has 4 rings (SSSR count). The van der Waals surface area contributed by atoms with Crippen molar-refractivity contribution in [2.45, 2.75) is 19.3 Å². The van der Waals surface area contributed by atoms with Crippen molar-refractivity contribution >= 4 is 23.0 Å². The van der Waals surface area contributed by atoms with Crippen molar-refractivity contribution < 1.29 is 18.9 Å². The van der Waals surface area contributed by atoms with Crippen molar-refractivity contribution in [3.05, 3.63) is 70.5 Å². The van der Waals surface area contributed by atoms with Crippen LogP contribution in [0.3, 0.4) is 0 Å². The average molecular weight is 421 g/mol. The van der Waals surface area contributed by atoms with Crippen LogP contribution in [-0.4, -0.2) is 31.0 Å². The van der Waals surface area contributed by atoms with Crippen LogP contribution < -0.4 is 15.0 Å². The van der Waals surface area contributed by atoms with Gasteiger partial charge in [-0.2, -0.15) is 0 Å². The Morgan fingerprint density at radius 3 is 2.61 bits per heavy atom. The molecule has 0 bridgehead atoms. The van der Waals surface area contributed by atoms with Gasteiger partial charge >= 0.3 is 0 Å². The fraction of sp³-hybridized carbons (Fsp3) is 0.261. The van der Waals surface area contributed by atoms with Gasteiger partial charge in [-0.25, -0.2) is 0 Å². The molecule has 0 radical (unpaired) electrons. The molecule has 1 amide bonds. The molecule has 1 aliphatic rings. The Balaban J connectivity index is 1.57. The highest BCUT2D eigenvalue weighted by Gasteiger charge is 2.22. The van der Waals surface area contributed by atoms with Crippen LogP contribution in [-0.2, 0) is 0 Å². The molecule has 2 aromatic carbocycles. The van der Waals surface area contributed by atoms with E-state index in [1.165, 1.54) is 25.7 Å². The summed E-state index contributed by atoms with van der Waals surface area (Å²) in [7, 11) is 1.44. The van der Waals surface area contributed by atoms with Crippen LogP contribution in [0.2, 0.25) is 0 Å². The molecule has 0 saturated carbocycles. The quantitative estimate of drug-likeness (QED) is 0.439. The summed E-state index contributed by atoms with van der Waals surface area (Å²) < 4.78 is 10.7. The third kappa shape index (κ3) is 4.37. The number of nitro benzene ring substituents is 1. The Hall–Kier alpha value is -3.81. The summed E-state index contributed by atoms with van der Waals surface area (Å²) in [4.78, 5) is 26.1. The van der Waals surface area contributed by atoms with E-state index in [-0.39, 0.29) is 22.8 Å². The number of hydrogen-bond donors (Lipinski definition) is 1. The number of amides is 1. The molecule has 1 N–H and O–H groups in total. The lowest BCUT2D eigenvalue weighted by Crippen LogP contribution is -2.30. The summed E-state index contributed by atoms with van der Waals surface area (Å²) in [6.45, 7) is 1.91. The number of para-hydroxylation sites is 2. The van der Waals surface area contributed by atoms with Gasteiger partial charge in [-0.15, -0.1) is 0 Å². The monoisotopic (exact) mass is 421 g/mol. The summed E-state index contributed by atoms with van der Waals surface area (Å²) in [6.07, 6.45) is 3.48. The van der Waals surface area contributed by atoms with Gasteiger partial charge in [0.2, 0.25) is 0 Å². The first kappa shape index (κ1) is 20.5. The van der Waals surface area contributed by atoms with E-state index in [4.69, 9.17) is 9.15 Å². The van der Waals surface area contributed by atoms with Crippen LogP contribution in [0.25, 0.3) is 11.3 Å². The lowest BCUT2D eigenvalue weighted by atomic mass is 10.1. The van der Waals surface area contributed by atoms with Gasteiger partial charge in [0, 0.05) is 13.1 Å². The number of piperidine rings is 1. The molecule has 31 heavy (non-hydrogen) atoms. The van der Waals surface area contributed by atoms with Gasteiger partial charge in [0.15, 0.2) is 5.76 Å². The van der Waals surface area contributed by atoms with Gasteiger partial charge in [-0.05, 0) is 55.7 Å². The third-order valence-electron chi connectivity index (χ3n) is 5.35. The third-order valence-corrected chi connectivity index (χ3v) is 5.35. The van der Waals surface area contributed by atoms with Crippen LogP contribution in [0.4, 0.5) is 17.1 Å². The Labute approximate surface area is 179 Å². The molecule has 0 spiro atoms. The molecule has 8 heteroatoms. The number of nitro groups is 1. The summed E-state index contributed by atoms with van der Waals surface area (Å²) in [5.41, 5.74) is 1.81. The average Bonchev–Trinajstić information content (AvgIpc) is 3.30. The zero-order chi connectivity index (χ0) is 21.8. The van der Waals surface area contributed by atoms with Gasteiger partial charge < -0.3 is 19.4 Å². The van der Waals surface area contributed by atoms with E-state index in [0.717, 1.165) is 31.6 Å². The maximum Gasteiger partial charge on any atom is 0.291 e. The minimum Gasteiger partial charge on any atom is -0.497 e. The van der Waals surface area contributed by atoms with Gasteiger partial charge in [0.25, 0.3) is 11.6 Å². The Morgan fingerprint density at radius 1 is 1.10 bits per heavy atom. The molecule has 2 heterocycles.